The lowest BCUT2D eigenvalue weighted by Gasteiger charge is -2.54. The van der Waals surface area contributed by atoms with Gasteiger partial charge in [0.25, 0.3) is 0 Å². The molecule has 3 saturated carbocycles. The zero-order valence-electron chi connectivity index (χ0n) is 15.8. The first-order chi connectivity index (χ1) is 12.5. The van der Waals surface area contributed by atoms with Crippen LogP contribution in [0.25, 0.3) is 0 Å². The first-order valence-electron chi connectivity index (χ1n) is 9.69. The molecule has 3 heteroatoms. The molecule has 2 aromatic rings. The summed E-state index contributed by atoms with van der Waals surface area (Å²) < 4.78 is 6.75. The van der Waals surface area contributed by atoms with Gasteiger partial charge in [0.05, 0.1) is 7.11 Å². The van der Waals surface area contributed by atoms with Crippen LogP contribution in [0, 0.1) is 15.9 Å². The van der Waals surface area contributed by atoms with Gasteiger partial charge in [0.1, 0.15) is 5.75 Å². The summed E-state index contributed by atoms with van der Waals surface area (Å²) in [5.74, 6) is 1.01. The molecule has 2 aromatic carbocycles. The molecule has 26 heavy (non-hydrogen) atoms. The van der Waals surface area contributed by atoms with Gasteiger partial charge in [0.15, 0.2) is 0 Å². The Balaban J connectivity index is 1.45. The highest BCUT2D eigenvalue weighted by atomic mass is 127. The van der Waals surface area contributed by atoms with E-state index < -0.39 is 0 Å². The molecule has 138 valence electrons. The molecule has 3 fully saturated rings. The van der Waals surface area contributed by atoms with Crippen molar-refractivity contribution < 1.29 is 4.74 Å². The number of nitrogens with one attached hydrogen (secondary N) is 1. The van der Waals surface area contributed by atoms with Crippen LogP contribution < -0.4 is 10.1 Å². The maximum Gasteiger partial charge on any atom is 0.121 e. The minimum absolute atomic E-state index is 0.404. The van der Waals surface area contributed by atoms with Crippen LogP contribution in [0.1, 0.15) is 49.7 Å². The highest BCUT2D eigenvalue weighted by Gasteiger charge is 2.49. The Bertz CT molecular complexity index is 776. The van der Waals surface area contributed by atoms with Gasteiger partial charge in [-0.2, -0.15) is 0 Å². The number of aryl methyl sites for hydroxylation is 1. The molecule has 0 aliphatic heterocycles. The lowest BCUT2D eigenvalue weighted by Crippen LogP contribution is -2.47. The standard InChI is InChI=1S/C23H28INO/c1-17-14-18(6-7-21(17)26-2)23-11-8-22(9-12-23,10-13-23)16-25-20-5-3-4-19(24)15-20/h3-7,14-15,25H,8-13,16H2,1-2H3. The number of anilines is 1. The molecule has 0 radical (unpaired) electrons. The molecular weight excluding hydrogens is 433 g/mol. The number of hydrogen-bond acceptors (Lipinski definition) is 2. The maximum atomic E-state index is 5.45. The summed E-state index contributed by atoms with van der Waals surface area (Å²) in [5, 5.41) is 3.73. The Morgan fingerprint density at radius 2 is 1.73 bits per heavy atom. The third-order valence-corrected chi connectivity index (χ3v) is 7.57. The van der Waals surface area contributed by atoms with Crippen molar-refractivity contribution in [1.29, 1.82) is 0 Å². The van der Waals surface area contributed by atoms with E-state index in [1.165, 1.54) is 58.9 Å². The van der Waals surface area contributed by atoms with E-state index in [1.807, 2.05) is 0 Å². The van der Waals surface area contributed by atoms with Gasteiger partial charge in [-0.3, -0.25) is 0 Å². The molecule has 0 heterocycles. The molecule has 0 spiro atoms. The van der Waals surface area contributed by atoms with Crippen LogP contribution in [0.2, 0.25) is 0 Å². The summed E-state index contributed by atoms with van der Waals surface area (Å²) in [6.45, 7) is 3.28. The van der Waals surface area contributed by atoms with Gasteiger partial charge < -0.3 is 10.1 Å². The van der Waals surface area contributed by atoms with Crippen molar-refractivity contribution in [2.24, 2.45) is 5.41 Å². The third kappa shape index (κ3) is 3.35. The highest BCUT2D eigenvalue weighted by molar-refractivity contribution is 14.1. The molecule has 3 aliphatic rings. The number of benzene rings is 2. The second-order valence-corrected chi connectivity index (χ2v) is 9.57. The van der Waals surface area contributed by atoms with E-state index in [2.05, 4.69) is 77.3 Å². The summed E-state index contributed by atoms with van der Waals surface area (Å²) in [7, 11) is 1.76. The quantitative estimate of drug-likeness (QED) is 0.527. The lowest BCUT2D eigenvalue weighted by molar-refractivity contribution is 0.0505. The van der Waals surface area contributed by atoms with Gasteiger partial charge in [-0.05, 0) is 114 Å². The van der Waals surface area contributed by atoms with Crippen LogP contribution >= 0.6 is 22.6 Å². The summed E-state index contributed by atoms with van der Waals surface area (Å²) >= 11 is 2.39. The predicted octanol–water partition coefficient (Wildman–Crippen LogP) is 6.31. The Morgan fingerprint density at radius 3 is 2.35 bits per heavy atom. The van der Waals surface area contributed by atoms with Gasteiger partial charge in [-0.1, -0.05) is 18.2 Å². The molecule has 0 atom stereocenters. The summed E-state index contributed by atoms with van der Waals surface area (Å²) in [6.07, 6.45) is 8.01. The predicted molar refractivity (Wildman–Crippen MR) is 117 cm³/mol. The first-order valence-corrected chi connectivity index (χ1v) is 10.8. The monoisotopic (exact) mass is 461 g/mol. The van der Waals surface area contributed by atoms with E-state index in [1.54, 1.807) is 7.11 Å². The molecular formula is C23H28INO. The minimum atomic E-state index is 0.404. The van der Waals surface area contributed by atoms with Crippen LogP contribution in [0.5, 0.6) is 5.75 Å². The normalized spacial score (nSPS) is 27.3. The van der Waals surface area contributed by atoms with Crippen molar-refractivity contribution in [3.05, 3.63) is 57.2 Å². The van der Waals surface area contributed by atoms with Crippen molar-refractivity contribution in [2.75, 3.05) is 19.0 Å². The fraction of sp³-hybridized carbons (Fsp3) is 0.478. The number of ether oxygens (including phenoxy) is 1. The second kappa shape index (κ2) is 7.06. The van der Waals surface area contributed by atoms with Crippen molar-refractivity contribution >= 4 is 28.3 Å². The van der Waals surface area contributed by atoms with Gasteiger partial charge in [0, 0.05) is 15.8 Å². The van der Waals surface area contributed by atoms with E-state index in [0.29, 0.717) is 10.8 Å². The van der Waals surface area contributed by atoms with Crippen molar-refractivity contribution in [1.82, 2.24) is 0 Å². The average molecular weight is 461 g/mol. The van der Waals surface area contributed by atoms with E-state index in [0.717, 1.165) is 12.3 Å². The number of halogens is 1. The molecule has 0 unspecified atom stereocenters. The van der Waals surface area contributed by atoms with Gasteiger partial charge in [0.2, 0.25) is 0 Å². The Hall–Kier alpha value is -1.23. The molecule has 3 aliphatic carbocycles. The molecule has 0 amide bonds. The molecule has 0 aromatic heterocycles. The smallest absolute Gasteiger partial charge is 0.121 e. The SMILES string of the molecule is COc1ccc(C23CCC(CNc4cccc(I)c4)(CC2)CC3)cc1C. The van der Waals surface area contributed by atoms with Gasteiger partial charge in [-0.25, -0.2) is 0 Å². The largest absolute Gasteiger partial charge is 0.496 e. The topological polar surface area (TPSA) is 21.3 Å². The molecule has 1 N–H and O–H groups in total. The molecule has 2 bridgehead atoms. The van der Waals surface area contributed by atoms with Crippen LogP contribution in [-0.4, -0.2) is 13.7 Å². The van der Waals surface area contributed by atoms with Crippen molar-refractivity contribution in [2.45, 2.75) is 50.9 Å². The van der Waals surface area contributed by atoms with Gasteiger partial charge >= 0.3 is 0 Å². The lowest BCUT2D eigenvalue weighted by atomic mass is 9.52. The fourth-order valence-electron chi connectivity index (χ4n) is 5.06. The summed E-state index contributed by atoms with van der Waals surface area (Å²) in [6, 6.07) is 15.6. The Labute approximate surface area is 170 Å². The van der Waals surface area contributed by atoms with Crippen LogP contribution in [-0.2, 0) is 5.41 Å². The number of hydrogen-bond donors (Lipinski definition) is 1. The number of fused-ring (bicyclic) bond motifs is 3. The van der Waals surface area contributed by atoms with Gasteiger partial charge in [-0.15, -0.1) is 0 Å². The van der Waals surface area contributed by atoms with E-state index in [4.69, 9.17) is 4.74 Å². The summed E-state index contributed by atoms with van der Waals surface area (Å²) in [5.41, 5.74) is 4.96. The first kappa shape index (κ1) is 18.1. The van der Waals surface area contributed by atoms with E-state index >= 15 is 0 Å². The zero-order valence-corrected chi connectivity index (χ0v) is 17.9. The van der Waals surface area contributed by atoms with Crippen molar-refractivity contribution in [3.63, 3.8) is 0 Å². The third-order valence-electron chi connectivity index (χ3n) is 6.90. The minimum Gasteiger partial charge on any atom is -0.496 e. The highest BCUT2D eigenvalue weighted by Crippen LogP contribution is 2.57. The number of methoxy groups -OCH3 is 1. The second-order valence-electron chi connectivity index (χ2n) is 8.33. The zero-order chi connectivity index (χ0) is 18.2. The van der Waals surface area contributed by atoms with Crippen LogP contribution in [0.15, 0.2) is 42.5 Å². The Kier molecular flexibility index (Phi) is 4.93. The maximum absolute atomic E-state index is 5.45. The van der Waals surface area contributed by atoms with E-state index in [-0.39, 0.29) is 0 Å². The fourth-order valence-corrected chi connectivity index (χ4v) is 5.60. The van der Waals surface area contributed by atoms with Crippen LogP contribution in [0.3, 0.4) is 0 Å². The molecule has 2 nitrogen and oxygen atoms in total. The average Bonchev–Trinajstić information content (AvgIpc) is 2.68. The van der Waals surface area contributed by atoms with E-state index in [9.17, 15) is 0 Å². The number of rotatable bonds is 5. The van der Waals surface area contributed by atoms with Crippen molar-refractivity contribution in [3.8, 4) is 5.75 Å². The summed E-state index contributed by atoms with van der Waals surface area (Å²) in [4.78, 5) is 0. The Morgan fingerprint density at radius 1 is 1.00 bits per heavy atom. The molecule has 5 rings (SSSR count). The molecule has 0 saturated heterocycles. The van der Waals surface area contributed by atoms with Crippen LogP contribution in [0.4, 0.5) is 5.69 Å².